The van der Waals surface area contributed by atoms with E-state index in [1.165, 1.54) is 11.6 Å². The molecule has 2 aromatic rings. The van der Waals surface area contributed by atoms with Gasteiger partial charge < -0.3 is 10.6 Å². The van der Waals surface area contributed by atoms with Crippen molar-refractivity contribution in [1.82, 2.24) is 15.5 Å². The molecule has 8 heteroatoms. The SMILES string of the molecule is CN=C(NCc1ccccc1[N+](=O)[O-])NC1CCN(Cc2ccccc2)CC1.I. The second-order valence-electron chi connectivity index (χ2n) is 6.99. The highest BCUT2D eigenvalue weighted by molar-refractivity contribution is 14.0. The lowest BCUT2D eigenvalue weighted by Gasteiger charge is -2.33. The number of nitrogens with one attached hydrogen (secondary N) is 2. The summed E-state index contributed by atoms with van der Waals surface area (Å²) in [5, 5.41) is 17.8. The topological polar surface area (TPSA) is 82.8 Å². The van der Waals surface area contributed by atoms with Gasteiger partial charge in [0.1, 0.15) is 0 Å². The van der Waals surface area contributed by atoms with Crippen LogP contribution in [0.15, 0.2) is 59.6 Å². The number of rotatable bonds is 6. The van der Waals surface area contributed by atoms with Crippen molar-refractivity contribution in [1.29, 1.82) is 0 Å². The first kappa shape index (κ1) is 23.1. The molecule has 1 aliphatic rings. The molecular weight excluding hydrogens is 481 g/mol. The summed E-state index contributed by atoms with van der Waals surface area (Å²) >= 11 is 0. The average Bonchev–Trinajstić information content (AvgIpc) is 2.73. The number of halogens is 1. The van der Waals surface area contributed by atoms with Crippen LogP contribution in [-0.4, -0.2) is 42.0 Å². The number of hydrogen-bond acceptors (Lipinski definition) is 4. The molecule has 1 heterocycles. The molecule has 7 nitrogen and oxygen atoms in total. The molecule has 2 N–H and O–H groups in total. The molecular formula is C21H28IN5O2. The van der Waals surface area contributed by atoms with Crippen molar-refractivity contribution in [2.45, 2.75) is 32.0 Å². The number of para-hydroxylation sites is 1. The highest BCUT2D eigenvalue weighted by atomic mass is 127. The van der Waals surface area contributed by atoms with Crippen LogP contribution in [0.5, 0.6) is 0 Å². The molecule has 0 saturated carbocycles. The van der Waals surface area contributed by atoms with E-state index in [-0.39, 0.29) is 34.6 Å². The molecule has 29 heavy (non-hydrogen) atoms. The maximum atomic E-state index is 11.1. The van der Waals surface area contributed by atoms with Crippen LogP contribution >= 0.6 is 24.0 Å². The number of hydrogen-bond donors (Lipinski definition) is 2. The normalized spacial score (nSPS) is 15.4. The molecule has 0 bridgehead atoms. The highest BCUT2D eigenvalue weighted by Crippen LogP contribution is 2.17. The minimum absolute atomic E-state index is 0. The first-order valence-corrected chi connectivity index (χ1v) is 9.61. The Morgan fingerprint density at radius 3 is 2.45 bits per heavy atom. The van der Waals surface area contributed by atoms with Crippen LogP contribution in [0.2, 0.25) is 0 Å². The second-order valence-corrected chi connectivity index (χ2v) is 6.99. The van der Waals surface area contributed by atoms with Gasteiger partial charge in [0.15, 0.2) is 5.96 Å². The first-order valence-electron chi connectivity index (χ1n) is 9.61. The van der Waals surface area contributed by atoms with Crippen molar-refractivity contribution in [2.24, 2.45) is 4.99 Å². The van der Waals surface area contributed by atoms with E-state index in [0.29, 0.717) is 24.1 Å². The Balaban J connectivity index is 0.00000300. The van der Waals surface area contributed by atoms with Crippen molar-refractivity contribution >= 4 is 35.6 Å². The first-order chi connectivity index (χ1) is 13.7. The lowest BCUT2D eigenvalue weighted by atomic mass is 10.0. The lowest BCUT2D eigenvalue weighted by Crippen LogP contribution is -2.48. The molecule has 0 aliphatic carbocycles. The number of nitrogens with zero attached hydrogens (tertiary/aromatic N) is 3. The Morgan fingerprint density at radius 1 is 1.14 bits per heavy atom. The lowest BCUT2D eigenvalue weighted by molar-refractivity contribution is -0.385. The Hall–Kier alpha value is -2.20. The van der Waals surface area contributed by atoms with E-state index in [1.807, 2.05) is 12.1 Å². The zero-order valence-corrected chi connectivity index (χ0v) is 18.9. The van der Waals surface area contributed by atoms with Crippen LogP contribution in [0.25, 0.3) is 0 Å². The number of aliphatic imine (C=N–C) groups is 1. The van der Waals surface area contributed by atoms with E-state index in [4.69, 9.17) is 0 Å². The Morgan fingerprint density at radius 2 is 1.79 bits per heavy atom. The molecule has 0 unspecified atom stereocenters. The molecule has 1 fully saturated rings. The zero-order valence-electron chi connectivity index (χ0n) is 16.6. The van der Waals surface area contributed by atoms with Crippen molar-refractivity contribution in [3.05, 3.63) is 75.8 Å². The third-order valence-corrected chi connectivity index (χ3v) is 5.04. The van der Waals surface area contributed by atoms with E-state index < -0.39 is 0 Å². The number of likely N-dealkylation sites (tertiary alicyclic amines) is 1. The molecule has 3 rings (SSSR count). The summed E-state index contributed by atoms with van der Waals surface area (Å²) in [6, 6.07) is 17.7. The van der Waals surface area contributed by atoms with Gasteiger partial charge in [-0.3, -0.25) is 20.0 Å². The van der Waals surface area contributed by atoms with Crippen LogP contribution in [0, 0.1) is 10.1 Å². The Labute approximate surface area is 188 Å². The minimum atomic E-state index is -0.352. The molecule has 1 saturated heterocycles. The Kier molecular flexibility index (Phi) is 9.33. The monoisotopic (exact) mass is 509 g/mol. The maximum absolute atomic E-state index is 11.1. The predicted octanol–water partition coefficient (Wildman–Crippen LogP) is 3.54. The molecule has 0 amide bonds. The minimum Gasteiger partial charge on any atom is -0.354 e. The molecule has 0 aromatic heterocycles. The largest absolute Gasteiger partial charge is 0.354 e. The van der Waals surface area contributed by atoms with Crippen LogP contribution in [0.1, 0.15) is 24.0 Å². The molecule has 0 radical (unpaired) electrons. The summed E-state index contributed by atoms with van der Waals surface area (Å²) in [6.07, 6.45) is 2.08. The fourth-order valence-electron chi connectivity index (χ4n) is 3.48. The van der Waals surface area contributed by atoms with Crippen molar-refractivity contribution in [3.63, 3.8) is 0 Å². The quantitative estimate of drug-likeness (QED) is 0.205. The number of benzene rings is 2. The van der Waals surface area contributed by atoms with Crippen molar-refractivity contribution in [2.75, 3.05) is 20.1 Å². The van der Waals surface area contributed by atoms with Gasteiger partial charge in [-0.1, -0.05) is 48.5 Å². The molecule has 156 valence electrons. The van der Waals surface area contributed by atoms with Crippen molar-refractivity contribution in [3.8, 4) is 0 Å². The van der Waals surface area contributed by atoms with E-state index in [2.05, 4.69) is 44.8 Å². The van der Waals surface area contributed by atoms with Gasteiger partial charge in [-0.05, 0) is 18.4 Å². The summed E-state index contributed by atoms with van der Waals surface area (Å²) in [5.74, 6) is 0.680. The van der Waals surface area contributed by atoms with E-state index in [0.717, 1.165) is 32.5 Å². The molecule has 1 aliphatic heterocycles. The summed E-state index contributed by atoms with van der Waals surface area (Å²) in [4.78, 5) is 17.5. The van der Waals surface area contributed by atoms with Gasteiger partial charge in [0.25, 0.3) is 5.69 Å². The molecule has 0 spiro atoms. The van der Waals surface area contributed by atoms with Crippen LogP contribution in [-0.2, 0) is 13.1 Å². The standard InChI is InChI=1S/C21H27N5O2.HI/c1-22-21(23-15-18-9-5-6-10-20(18)26(27)28)24-19-11-13-25(14-12-19)16-17-7-3-2-4-8-17;/h2-10,19H,11-16H2,1H3,(H2,22,23,24);1H. The van der Waals surface area contributed by atoms with Gasteiger partial charge in [-0.15, -0.1) is 24.0 Å². The third kappa shape index (κ3) is 6.97. The summed E-state index contributed by atoms with van der Waals surface area (Å²) in [6.45, 7) is 3.42. The van der Waals surface area contributed by atoms with Crippen LogP contribution < -0.4 is 10.6 Å². The third-order valence-electron chi connectivity index (χ3n) is 5.04. The van der Waals surface area contributed by atoms with Gasteiger partial charge in [-0.25, -0.2) is 0 Å². The van der Waals surface area contributed by atoms with Crippen LogP contribution in [0.4, 0.5) is 5.69 Å². The van der Waals surface area contributed by atoms with Crippen LogP contribution in [0.3, 0.4) is 0 Å². The van der Waals surface area contributed by atoms with E-state index >= 15 is 0 Å². The van der Waals surface area contributed by atoms with Crippen molar-refractivity contribution < 1.29 is 4.92 Å². The fourth-order valence-corrected chi connectivity index (χ4v) is 3.48. The fraction of sp³-hybridized carbons (Fsp3) is 0.381. The predicted molar refractivity (Wildman–Crippen MR) is 127 cm³/mol. The van der Waals surface area contributed by atoms with E-state index in [1.54, 1.807) is 19.2 Å². The van der Waals surface area contributed by atoms with Gasteiger partial charge in [0.05, 0.1) is 4.92 Å². The summed E-state index contributed by atoms with van der Waals surface area (Å²) < 4.78 is 0. The van der Waals surface area contributed by atoms with E-state index in [9.17, 15) is 10.1 Å². The second kappa shape index (κ2) is 11.7. The smallest absolute Gasteiger partial charge is 0.274 e. The average molecular weight is 509 g/mol. The number of nitro groups is 1. The number of nitro benzene ring substituents is 1. The highest BCUT2D eigenvalue weighted by Gasteiger charge is 2.20. The Bertz CT molecular complexity index is 808. The van der Waals surface area contributed by atoms with Gasteiger partial charge >= 0.3 is 0 Å². The zero-order chi connectivity index (χ0) is 19.8. The number of guanidine groups is 1. The van der Waals surface area contributed by atoms with Gasteiger partial charge in [0, 0.05) is 50.9 Å². The maximum Gasteiger partial charge on any atom is 0.274 e. The summed E-state index contributed by atoms with van der Waals surface area (Å²) in [7, 11) is 1.72. The summed E-state index contributed by atoms with van der Waals surface area (Å²) in [5.41, 5.74) is 2.11. The van der Waals surface area contributed by atoms with Gasteiger partial charge in [0.2, 0.25) is 0 Å². The molecule has 0 atom stereocenters. The molecule has 2 aromatic carbocycles. The number of piperidine rings is 1. The van der Waals surface area contributed by atoms with Gasteiger partial charge in [-0.2, -0.15) is 0 Å².